The number of hydrogen-bond donors (Lipinski definition) is 2. The van der Waals surface area contributed by atoms with Crippen molar-refractivity contribution in [2.24, 2.45) is 0 Å². The summed E-state index contributed by atoms with van der Waals surface area (Å²) in [5.74, 6) is -0.0397. The molecular weight excluding hydrogens is 490 g/mol. The standard InChI is InChI=1S/C31H33N5OS/c1-20-12-14-24(15-13-20)33-28(37)16-18-35-30(29(34-31(35)38)26-10-7-8-17-32-26)25-19-22(3)36(23(25)4)27-11-6-5-9-21(27)2/h5-15,17,19,29-30H,16,18H2,1-4H3,(H,33,37)(H,34,38)/t29-,30+/m1/s1. The molecule has 1 aliphatic rings. The van der Waals surface area contributed by atoms with Gasteiger partial charge in [-0.3, -0.25) is 9.78 Å². The van der Waals surface area contributed by atoms with Crippen molar-refractivity contribution in [1.29, 1.82) is 0 Å². The second-order valence-corrected chi connectivity index (χ2v) is 10.3. The van der Waals surface area contributed by atoms with E-state index in [0.29, 0.717) is 18.1 Å². The Bertz CT molecular complexity index is 1460. The molecule has 6 nitrogen and oxygen atoms in total. The Morgan fingerprint density at radius 3 is 2.45 bits per heavy atom. The summed E-state index contributed by atoms with van der Waals surface area (Å²) in [6, 6.07) is 24.2. The van der Waals surface area contributed by atoms with Crippen LogP contribution in [0.25, 0.3) is 5.69 Å². The lowest BCUT2D eigenvalue weighted by Gasteiger charge is -2.28. The van der Waals surface area contributed by atoms with Gasteiger partial charge in [0.1, 0.15) is 0 Å². The number of amides is 1. The fraction of sp³-hybridized carbons (Fsp3) is 0.258. The summed E-state index contributed by atoms with van der Waals surface area (Å²) in [5.41, 5.74) is 8.74. The molecule has 2 aromatic heterocycles. The predicted octanol–water partition coefficient (Wildman–Crippen LogP) is 6.11. The second-order valence-electron chi connectivity index (χ2n) is 9.93. The Hall–Kier alpha value is -3.97. The van der Waals surface area contributed by atoms with Gasteiger partial charge < -0.3 is 20.1 Å². The van der Waals surface area contributed by atoms with Gasteiger partial charge in [-0.05, 0) is 87.4 Å². The van der Waals surface area contributed by atoms with Crippen LogP contribution in [-0.2, 0) is 4.79 Å². The molecule has 2 atom stereocenters. The van der Waals surface area contributed by atoms with Crippen molar-refractivity contribution >= 4 is 28.9 Å². The number of hydrogen-bond acceptors (Lipinski definition) is 3. The summed E-state index contributed by atoms with van der Waals surface area (Å²) >= 11 is 5.84. The first-order chi connectivity index (χ1) is 18.3. The van der Waals surface area contributed by atoms with Crippen molar-refractivity contribution in [2.75, 3.05) is 11.9 Å². The number of carbonyl (C=O) groups excluding carboxylic acids is 1. The maximum Gasteiger partial charge on any atom is 0.226 e. The molecule has 1 saturated heterocycles. The zero-order valence-corrected chi connectivity index (χ0v) is 23.0. The van der Waals surface area contributed by atoms with Crippen LogP contribution in [0.4, 0.5) is 5.69 Å². The topological polar surface area (TPSA) is 62.2 Å². The van der Waals surface area contributed by atoms with Gasteiger partial charge in [-0.1, -0.05) is 42.0 Å². The maximum absolute atomic E-state index is 12.9. The number of aromatic nitrogens is 2. The highest BCUT2D eigenvalue weighted by Gasteiger charge is 2.41. The van der Waals surface area contributed by atoms with Gasteiger partial charge in [-0.25, -0.2) is 0 Å². The van der Waals surface area contributed by atoms with Crippen molar-refractivity contribution in [3.63, 3.8) is 0 Å². The Morgan fingerprint density at radius 1 is 1.00 bits per heavy atom. The zero-order valence-electron chi connectivity index (χ0n) is 22.2. The monoisotopic (exact) mass is 523 g/mol. The maximum atomic E-state index is 12.9. The highest BCUT2D eigenvalue weighted by atomic mass is 32.1. The number of thiocarbonyl (C=S) groups is 1. The quantitative estimate of drug-likeness (QED) is 0.286. The molecule has 38 heavy (non-hydrogen) atoms. The van der Waals surface area contributed by atoms with E-state index in [1.807, 2.05) is 55.6 Å². The fourth-order valence-corrected chi connectivity index (χ4v) is 5.67. The van der Waals surface area contributed by atoms with Gasteiger partial charge in [0.15, 0.2) is 5.11 Å². The van der Waals surface area contributed by atoms with E-state index in [1.165, 1.54) is 16.8 Å². The average molecular weight is 524 g/mol. The van der Waals surface area contributed by atoms with Crippen molar-refractivity contribution in [3.05, 3.63) is 113 Å². The first-order valence-corrected chi connectivity index (χ1v) is 13.3. The smallest absolute Gasteiger partial charge is 0.226 e. The van der Waals surface area contributed by atoms with Crippen LogP contribution < -0.4 is 10.6 Å². The fourth-order valence-electron chi connectivity index (χ4n) is 5.34. The third-order valence-electron chi connectivity index (χ3n) is 7.26. The first-order valence-electron chi connectivity index (χ1n) is 12.9. The number of anilines is 1. The van der Waals surface area contributed by atoms with Crippen LogP contribution in [0.5, 0.6) is 0 Å². The van der Waals surface area contributed by atoms with Crippen molar-refractivity contribution in [2.45, 2.75) is 46.2 Å². The van der Waals surface area contributed by atoms with Gasteiger partial charge in [0.25, 0.3) is 0 Å². The molecule has 3 heterocycles. The summed E-state index contributed by atoms with van der Waals surface area (Å²) in [6.45, 7) is 8.95. The summed E-state index contributed by atoms with van der Waals surface area (Å²) in [4.78, 5) is 19.7. The van der Waals surface area contributed by atoms with Crippen molar-refractivity contribution < 1.29 is 4.79 Å². The van der Waals surface area contributed by atoms with Crippen LogP contribution in [0.2, 0.25) is 0 Å². The minimum absolute atomic E-state index is 0.0397. The SMILES string of the molecule is Cc1ccc(NC(=O)CCN2C(=S)N[C@H](c3ccccn3)[C@@H]2c2cc(C)n(-c3ccccc3C)c2C)cc1. The number of carbonyl (C=O) groups is 1. The highest BCUT2D eigenvalue weighted by molar-refractivity contribution is 7.80. The number of nitrogens with zero attached hydrogens (tertiary/aromatic N) is 3. The minimum atomic E-state index is -0.130. The summed E-state index contributed by atoms with van der Waals surface area (Å²) in [6.07, 6.45) is 2.13. The van der Waals surface area contributed by atoms with E-state index in [2.05, 4.69) is 76.2 Å². The van der Waals surface area contributed by atoms with Gasteiger partial charge >= 0.3 is 0 Å². The summed E-state index contributed by atoms with van der Waals surface area (Å²) < 4.78 is 2.31. The molecular formula is C31H33N5OS. The third-order valence-corrected chi connectivity index (χ3v) is 7.61. The molecule has 1 amide bonds. The van der Waals surface area contributed by atoms with Crippen LogP contribution in [0.3, 0.4) is 0 Å². The number of para-hydroxylation sites is 1. The normalized spacial score (nSPS) is 16.9. The van der Waals surface area contributed by atoms with Crippen LogP contribution in [0.1, 0.15) is 52.3 Å². The van der Waals surface area contributed by atoms with E-state index in [-0.39, 0.29) is 18.0 Å². The first kappa shape index (κ1) is 25.7. The lowest BCUT2D eigenvalue weighted by Crippen LogP contribution is -2.32. The van der Waals surface area contributed by atoms with E-state index in [0.717, 1.165) is 28.3 Å². The van der Waals surface area contributed by atoms with E-state index in [1.54, 1.807) is 0 Å². The van der Waals surface area contributed by atoms with Gasteiger partial charge in [-0.2, -0.15) is 0 Å². The van der Waals surface area contributed by atoms with Gasteiger partial charge in [0.05, 0.1) is 17.8 Å². The van der Waals surface area contributed by atoms with Crippen LogP contribution in [0.15, 0.2) is 79.0 Å². The molecule has 2 aromatic carbocycles. The number of benzene rings is 2. The Morgan fingerprint density at radius 2 is 1.74 bits per heavy atom. The number of rotatable bonds is 7. The Balaban J connectivity index is 1.47. The highest BCUT2D eigenvalue weighted by Crippen LogP contribution is 2.41. The van der Waals surface area contributed by atoms with Gasteiger partial charge in [-0.15, -0.1) is 0 Å². The van der Waals surface area contributed by atoms with Crippen LogP contribution in [-0.4, -0.2) is 32.0 Å². The molecule has 5 rings (SSSR count). The molecule has 0 aliphatic carbocycles. The molecule has 0 radical (unpaired) electrons. The molecule has 0 saturated carbocycles. The molecule has 0 unspecified atom stereocenters. The molecule has 2 N–H and O–H groups in total. The third kappa shape index (κ3) is 5.07. The molecule has 4 aromatic rings. The molecule has 0 spiro atoms. The zero-order chi connectivity index (χ0) is 26.8. The summed E-state index contributed by atoms with van der Waals surface area (Å²) in [5, 5.41) is 7.16. The molecule has 194 valence electrons. The lowest BCUT2D eigenvalue weighted by atomic mass is 9.96. The predicted molar refractivity (Wildman–Crippen MR) is 157 cm³/mol. The second kappa shape index (κ2) is 10.8. The number of nitrogens with one attached hydrogen (secondary N) is 2. The lowest BCUT2D eigenvalue weighted by molar-refractivity contribution is -0.116. The molecule has 1 aliphatic heterocycles. The van der Waals surface area contributed by atoms with E-state index >= 15 is 0 Å². The van der Waals surface area contributed by atoms with E-state index in [4.69, 9.17) is 12.2 Å². The van der Waals surface area contributed by atoms with Crippen LogP contribution >= 0.6 is 12.2 Å². The van der Waals surface area contributed by atoms with E-state index < -0.39 is 0 Å². The minimum Gasteiger partial charge on any atom is -0.352 e. The van der Waals surface area contributed by atoms with Gasteiger partial charge in [0, 0.05) is 41.9 Å². The van der Waals surface area contributed by atoms with Crippen LogP contribution in [0, 0.1) is 27.7 Å². The summed E-state index contributed by atoms with van der Waals surface area (Å²) in [7, 11) is 0. The van der Waals surface area contributed by atoms with Crippen molar-refractivity contribution in [3.8, 4) is 5.69 Å². The largest absolute Gasteiger partial charge is 0.352 e. The molecule has 0 bridgehead atoms. The van der Waals surface area contributed by atoms with Crippen molar-refractivity contribution in [1.82, 2.24) is 19.8 Å². The Labute approximate surface area is 229 Å². The number of pyridine rings is 1. The van der Waals surface area contributed by atoms with Gasteiger partial charge in [0.2, 0.25) is 5.91 Å². The Kier molecular flexibility index (Phi) is 7.29. The number of aryl methyl sites for hydroxylation is 3. The molecule has 7 heteroatoms. The average Bonchev–Trinajstić information content (AvgIpc) is 3.39. The van der Waals surface area contributed by atoms with E-state index in [9.17, 15) is 4.79 Å². The molecule has 1 fully saturated rings.